The van der Waals surface area contributed by atoms with Crippen LogP contribution in [0.4, 0.5) is 4.39 Å². The quantitative estimate of drug-likeness (QED) is 0.648. The topological polar surface area (TPSA) is 21.3 Å². The molecular formula is C24H32FNO. The van der Waals surface area contributed by atoms with Crippen LogP contribution < -0.4 is 5.32 Å². The molecule has 0 bridgehead atoms. The van der Waals surface area contributed by atoms with Gasteiger partial charge in [-0.15, -0.1) is 0 Å². The van der Waals surface area contributed by atoms with Crippen molar-refractivity contribution in [2.45, 2.75) is 64.0 Å². The van der Waals surface area contributed by atoms with Gasteiger partial charge in [0.2, 0.25) is 0 Å². The highest BCUT2D eigenvalue weighted by Gasteiger charge is 2.43. The van der Waals surface area contributed by atoms with Crippen molar-refractivity contribution in [2.75, 3.05) is 13.2 Å². The van der Waals surface area contributed by atoms with Crippen LogP contribution >= 0.6 is 0 Å². The van der Waals surface area contributed by atoms with E-state index in [1.54, 1.807) is 0 Å². The van der Waals surface area contributed by atoms with Crippen molar-refractivity contribution < 1.29 is 9.13 Å². The van der Waals surface area contributed by atoms with Crippen LogP contribution in [-0.4, -0.2) is 18.8 Å². The molecule has 1 N–H and O–H groups in total. The Morgan fingerprint density at radius 3 is 2.44 bits per heavy atom. The lowest BCUT2D eigenvalue weighted by atomic mass is 9.66. The predicted molar refractivity (Wildman–Crippen MR) is 109 cm³/mol. The van der Waals surface area contributed by atoms with E-state index in [1.807, 2.05) is 12.1 Å². The molecule has 1 aliphatic rings. The van der Waals surface area contributed by atoms with Crippen molar-refractivity contribution >= 4 is 0 Å². The number of ether oxygens (including phenoxy) is 1. The zero-order valence-corrected chi connectivity index (χ0v) is 16.9. The van der Waals surface area contributed by atoms with E-state index in [0.29, 0.717) is 0 Å². The molecule has 0 unspecified atom stereocenters. The molecule has 0 saturated carbocycles. The Morgan fingerprint density at radius 1 is 1.07 bits per heavy atom. The van der Waals surface area contributed by atoms with E-state index in [1.165, 1.54) is 23.3 Å². The van der Waals surface area contributed by atoms with Gasteiger partial charge in [0, 0.05) is 18.6 Å². The minimum atomic E-state index is -0.182. The number of aryl methyl sites for hydroxylation is 1. The van der Waals surface area contributed by atoms with Crippen LogP contribution in [0.15, 0.2) is 48.5 Å². The number of hydrogen-bond acceptors (Lipinski definition) is 2. The van der Waals surface area contributed by atoms with Crippen molar-refractivity contribution in [3.8, 4) is 0 Å². The summed E-state index contributed by atoms with van der Waals surface area (Å²) in [5, 5.41) is 3.56. The Balaban J connectivity index is 1.70. The molecule has 2 nitrogen and oxygen atoms in total. The summed E-state index contributed by atoms with van der Waals surface area (Å²) < 4.78 is 19.2. The van der Waals surface area contributed by atoms with E-state index in [-0.39, 0.29) is 16.8 Å². The fraction of sp³-hybridized carbons (Fsp3) is 0.500. The number of hydrogen-bond donors (Lipinski definition) is 1. The van der Waals surface area contributed by atoms with Gasteiger partial charge in [0.1, 0.15) is 5.82 Å². The van der Waals surface area contributed by atoms with Crippen molar-refractivity contribution in [1.82, 2.24) is 5.32 Å². The third-order valence-electron chi connectivity index (χ3n) is 6.18. The molecule has 3 heteroatoms. The zero-order chi connectivity index (χ0) is 19.3. The first-order valence-corrected chi connectivity index (χ1v) is 10.1. The maximum Gasteiger partial charge on any atom is 0.123 e. The summed E-state index contributed by atoms with van der Waals surface area (Å²) >= 11 is 0. The molecule has 3 rings (SSSR count). The lowest BCUT2D eigenvalue weighted by Crippen LogP contribution is -2.46. The van der Waals surface area contributed by atoms with Crippen LogP contribution in [0.25, 0.3) is 0 Å². The van der Waals surface area contributed by atoms with Gasteiger partial charge >= 0.3 is 0 Å². The third-order valence-corrected chi connectivity index (χ3v) is 6.18. The largest absolute Gasteiger partial charge is 0.375 e. The smallest absolute Gasteiger partial charge is 0.123 e. The molecule has 2 atom stereocenters. The van der Waals surface area contributed by atoms with Crippen molar-refractivity contribution in [3.05, 3.63) is 71.0 Å². The molecule has 146 valence electrons. The fourth-order valence-corrected chi connectivity index (χ4v) is 4.25. The Bertz CT molecular complexity index is 727. The van der Waals surface area contributed by atoms with E-state index in [2.05, 4.69) is 50.4 Å². The standard InChI is InChI=1S/C24H32FNO/c1-4-23(3)18-24(14-16-27-23,21-9-5-19(2)6-10-21)13-15-26-17-20-7-11-22(25)12-8-20/h5-12,26H,4,13-18H2,1-3H3/t23-,24-/m0/s1. The number of nitrogens with one attached hydrogen (secondary N) is 1. The second kappa shape index (κ2) is 8.53. The van der Waals surface area contributed by atoms with E-state index in [9.17, 15) is 4.39 Å². The van der Waals surface area contributed by atoms with E-state index in [0.717, 1.165) is 50.9 Å². The molecule has 1 heterocycles. The van der Waals surface area contributed by atoms with Crippen molar-refractivity contribution in [1.29, 1.82) is 0 Å². The number of halogens is 1. The van der Waals surface area contributed by atoms with E-state index >= 15 is 0 Å². The molecular weight excluding hydrogens is 337 g/mol. The van der Waals surface area contributed by atoms with Gasteiger partial charge in [0.25, 0.3) is 0 Å². The minimum absolute atomic E-state index is 0.0555. The average molecular weight is 370 g/mol. The normalized spacial score (nSPS) is 25.5. The van der Waals surface area contributed by atoms with Crippen LogP contribution in [0.1, 0.15) is 56.2 Å². The van der Waals surface area contributed by atoms with E-state index in [4.69, 9.17) is 4.74 Å². The van der Waals surface area contributed by atoms with Crippen LogP contribution in [0, 0.1) is 12.7 Å². The summed E-state index contributed by atoms with van der Waals surface area (Å²) in [6, 6.07) is 15.8. The SMILES string of the molecule is CC[C@@]1(C)C[C@@](CCNCc2ccc(F)cc2)(c2ccc(C)cc2)CCO1. The molecule has 0 radical (unpaired) electrons. The second-order valence-corrected chi connectivity index (χ2v) is 8.28. The first kappa shape index (κ1) is 20.0. The maximum atomic E-state index is 13.1. The fourth-order valence-electron chi connectivity index (χ4n) is 4.25. The maximum absolute atomic E-state index is 13.1. The van der Waals surface area contributed by atoms with Gasteiger partial charge in [-0.3, -0.25) is 0 Å². The summed E-state index contributed by atoms with van der Waals surface area (Å²) in [4.78, 5) is 0. The summed E-state index contributed by atoms with van der Waals surface area (Å²) in [7, 11) is 0. The highest BCUT2D eigenvalue weighted by atomic mass is 19.1. The molecule has 27 heavy (non-hydrogen) atoms. The number of benzene rings is 2. The lowest BCUT2D eigenvalue weighted by Gasteiger charge is -2.47. The summed E-state index contributed by atoms with van der Waals surface area (Å²) in [6.07, 6.45) is 4.22. The molecule has 1 aliphatic heterocycles. The number of rotatable bonds is 7. The molecule has 0 aromatic heterocycles. The van der Waals surface area contributed by atoms with Gasteiger partial charge in [-0.05, 0) is 69.3 Å². The highest BCUT2D eigenvalue weighted by molar-refractivity contribution is 5.30. The van der Waals surface area contributed by atoms with Gasteiger partial charge in [-0.2, -0.15) is 0 Å². The molecule has 1 saturated heterocycles. The van der Waals surface area contributed by atoms with Crippen molar-refractivity contribution in [2.24, 2.45) is 0 Å². The van der Waals surface area contributed by atoms with Gasteiger partial charge in [0.15, 0.2) is 0 Å². The Labute approximate surface area is 163 Å². The van der Waals surface area contributed by atoms with Gasteiger partial charge in [0.05, 0.1) is 5.60 Å². The highest BCUT2D eigenvalue weighted by Crippen LogP contribution is 2.45. The monoisotopic (exact) mass is 369 g/mol. The Kier molecular flexibility index (Phi) is 6.33. The first-order chi connectivity index (χ1) is 12.9. The second-order valence-electron chi connectivity index (χ2n) is 8.28. The summed E-state index contributed by atoms with van der Waals surface area (Å²) in [6.45, 7) is 9.13. The van der Waals surface area contributed by atoms with Gasteiger partial charge in [-0.1, -0.05) is 48.9 Å². The van der Waals surface area contributed by atoms with Crippen LogP contribution in [0.3, 0.4) is 0 Å². The summed E-state index contributed by atoms with van der Waals surface area (Å²) in [5.74, 6) is -0.182. The van der Waals surface area contributed by atoms with Crippen molar-refractivity contribution in [3.63, 3.8) is 0 Å². The minimum Gasteiger partial charge on any atom is -0.375 e. The molecule has 0 amide bonds. The summed E-state index contributed by atoms with van der Waals surface area (Å²) in [5.41, 5.74) is 3.94. The lowest BCUT2D eigenvalue weighted by molar-refractivity contribution is -0.0979. The molecule has 1 fully saturated rings. The molecule has 2 aromatic carbocycles. The Hall–Kier alpha value is -1.71. The van der Waals surface area contributed by atoms with Gasteiger partial charge < -0.3 is 10.1 Å². The van der Waals surface area contributed by atoms with Crippen LogP contribution in [0.2, 0.25) is 0 Å². The zero-order valence-electron chi connectivity index (χ0n) is 16.9. The molecule has 0 spiro atoms. The van der Waals surface area contributed by atoms with Gasteiger partial charge in [-0.25, -0.2) is 4.39 Å². The van der Waals surface area contributed by atoms with Crippen LogP contribution in [0.5, 0.6) is 0 Å². The molecule has 2 aromatic rings. The molecule has 0 aliphatic carbocycles. The Morgan fingerprint density at radius 2 is 1.78 bits per heavy atom. The first-order valence-electron chi connectivity index (χ1n) is 10.1. The van der Waals surface area contributed by atoms with Crippen LogP contribution in [-0.2, 0) is 16.7 Å². The predicted octanol–water partition coefficient (Wildman–Crippen LogP) is 5.53. The third kappa shape index (κ3) is 4.97. The average Bonchev–Trinajstić information content (AvgIpc) is 2.67. The van der Waals surface area contributed by atoms with E-state index < -0.39 is 0 Å².